The second kappa shape index (κ2) is 38.7. The van der Waals surface area contributed by atoms with Crippen LogP contribution in [-0.2, 0) is 25.8 Å². The lowest BCUT2D eigenvalue weighted by Gasteiger charge is -2.13. The Hall–Kier alpha value is -13.9. The molecule has 594 valence electrons. The van der Waals surface area contributed by atoms with Gasteiger partial charge >= 0.3 is 0 Å². The molecule has 12 heterocycles. The highest BCUT2D eigenvalue weighted by Crippen LogP contribution is 2.25. The highest BCUT2D eigenvalue weighted by molar-refractivity contribution is 6.31. The van der Waals surface area contributed by atoms with Gasteiger partial charge in [0.05, 0.1) is 0 Å². The average molecular weight is 1620 g/mol. The van der Waals surface area contributed by atoms with Crippen molar-refractivity contribution in [3.63, 3.8) is 0 Å². The van der Waals surface area contributed by atoms with Crippen molar-refractivity contribution in [2.24, 2.45) is 0 Å². The van der Waals surface area contributed by atoms with Crippen molar-refractivity contribution < 1.29 is 0 Å². The second-order valence-electron chi connectivity index (χ2n) is 27.1. The first-order chi connectivity index (χ1) is 56.8. The van der Waals surface area contributed by atoms with Crippen molar-refractivity contribution in [1.29, 1.82) is 0 Å². The summed E-state index contributed by atoms with van der Waals surface area (Å²) in [6, 6.07) is 48.3. The van der Waals surface area contributed by atoms with Crippen LogP contribution in [0, 0.1) is 55.4 Å². The molecule has 0 aliphatic rings. The first-order valence-electron chi connectivity index (χ1n) is 37.4. The average Bonchev–Trinajstić information content (AvgIpc) is 1.71. The zero-order valence-electron chi connectivity index (χ0n) is 66.0. The van der Waals surface area contributed by atoms with Gasteiger partial charge in [0, 0.05) is 147 Å². The highest BCUT2D eigenvalue weighted by Gasteiger charge is 2.14. The predicted molar refractivity (Wildman–Crippen MR) is 461 cm³/mol. The van der Waals surface area contributed by atoms with E-state index in [1.165, 1.54) is 27.8 Å². The van der Waals surface area contributed by atoms with Gasteiger partial charge in [-0.25, -0.2) is 29.9 Å². The molecular formula is C83H86Cl3N31. The van der Waals surface area contributed by atoms with Gasteiger partial charge in [-0.1, -0.05) is 113 Å². The van der Waals surface area contributed by atoms with Crippen molar-refractivity contribution in [3.8, 4) is 0 Å². The molecule has 0 atom stereocenters. The minimum atomic E-state index is 0.662. The minimum absolute atomic E-state index is 0.662. The van der Waals surface area contributed by atoms with Gasteiger partial charge in [0.25, 0.3) is 0 Å². The molecule has 117 heavy (non-hydrogen) atoms. The van der Waals surface area contributed by atoms with E-state index in [0.717, 1.165) is 169 Å². The van der Waals surface area contributed by atoms with Crippen LogP contribution in [0.25, 0.3) is 33.9 Å². The largest absolute Gasteiger partial charge is 0.378 e. The van der Waals surface area contributed by atoms with Gasteiger partial charge in [-0.3, -0.25) is 26.4 Å². The zero-order valence-corrected chi connectivity index (χ0v) is 68.3. The number of hydrogen-bond acceptors (Lipinski definition) is 25. The molecule has 31 nitrogen and oxygen atoms in total. The second-order valence-corrected chi connectivity index (χ2v) is 28.4. The van der Waals surface area contributed by atoms with Gasteiger partial charge in [-0.05, 0) is 175 Å². The smallest absolute Gasteiger partial charge is 0.204 e. The third-order valence-electron chi connectivity index (χ3n) is 18.3. The molecular weight excluding hydrogens is 1540 g/mol. The van der Waals surface area contributed by atoms with E-state index in [2.05, 4.69) is 196 Å². The van der Waals surface area contributed by atoms with E-state index in [9.17, 15) is 0 Å². The van der Waals surface area contributed by atoms with Gasteiger partial charge in [-0.2, -0.15) is 0 Å². The fraction of sp³-hybridized carbons (Fsp3) is 0.205. The van der Waals surface area contributed by atoms with Crippen molar-refractivity contribution >= 4 is 121 Å². The monoisotopic (exact) mass is 1620 g/mol. The van der Waals surface area contributed by atoms with Gasteiger partial charge in [0.2, 0.25) is 33.9 Å². The van der Waals surface area contributed by atoms with Gasteiger partial charge in [0.15, 0.2) is 34.9 Å². The molecule has 0 aliphatic heterocycles. The molecule has 0 saturated heterocycles. The van der Waals surface area contributed by atoms with Crippen LogP contribution in [0.2, 0.25) is 15.1 Å². The molecule has 34 heteroatoms. The number of hydrogen-bond donors (Lipinski definition) is 6. The molecule has 0 aliphatic carbocycles. The molecule has 0 unspecified atom stereocenters. The first-order valence-corrected chi connectivity index (χ1v) is 38.6. The van der Waals surface area contributed by atoms with Crippen LogP contribution in [0.5, 0.6) is 0 Å². The van der Waals surface area contributed by atoms with E-state index >= 15 is 0 Å². The van der Waals surface area contributed by atoms with E-state index in [4.69, 9.17) is 34.8 Å². The van der Waals surface area contributed by atoms with Gasteiger partial charge < -0.3 is 36.8 Å². The summed E-state index contributed by atoms with van der Waals surface area (Å²) in [5.41, 5.74) is 14.9. The maximum atomic E-state index is 5.97. The number of rotatable bonds is 20. The third-order valence-corrected chi connectivity index (χ3v) is 19.1. The Morgan fingerprint density at radius 2 is 0.624 bits per heavy atom. The normalized spacial score (nSPS) is 10.8. The predicted octanol–water partition coefficient (Wildman–Crippen LogP) is 15.3. The van der Waals surface area contributed by atoms with Crippen LogP contribution in [-0.4, -0.2) is 151 Å². The third kappa shape index (κ3) is 21.3. The van der Waals surface area contributed by atoms with Crippen LogP contribution >= 0.6 is 34.8 Å². The Balaban J connectivity index is 0.000000122. The summed E-state index contributed by atoms with van der Waals surface area (Å²) in [6.07, 6.45) is 24.3. The Bertz CT molecular complexity index is 6150. The Morgan fingerprint density at radius 1 is 0.291 bits per heavy atom. The van der Waals surface area contributed by atoms with Crippen molar-refractivity contribution in [2.75, 3.05) is 70.5 Å². The Kier molecular flexibility index (Phi) is 26.9. The van der Waals surface area contributed by atoms with Gasteiger partial charge in [-0.15, -0.1) is 61.2 Å². The summed E-state index contributed by atoms with van der Waals surface area (Å²) in [5.74, 6) is 9.50. The van der Waals surface area contributed by atoms with Crippen molar-refractivity contribution in [2.45, 2.75) is 81.2 Å². The topological polar surface area (TPSA) is 334 Å². The number of aromatic nitrogens is 24. The number of halogens is 3. The maximum Gasteiger partial charge on any atom is 0.204 e. The van der Waals surface area contributed by atoms with Gasteiger partial charge in [0.1, 0.15) is 34.9 Å². The lowest BCUT2D eigenvalue weighted by atomic mass is 10.1. The van der Waals surface area contributed by atoms with E-state index in [0.29, 0.717) is 18.2 Å². The quantitative estimate of drug-likeness (QED) is 0.0413. The van der Waals surface area contributed by atoms with Crippen LogP contribution < -0.4 is 36.8 Å². The van der Waals surface area contributed by atoms with E-state index in [1.807, 2.05) is 210 Å². The fourth-order valence-electron chi connectivity index (χ4n) is 12.0. The number of anilines is 9. The number of fused-ring (bicyclic) bond motifs is 6. The summed E-state index contributed by atoms with van der Waals surface area (Å²) in [5, 5.41) is 71.1. The van der Waals surface area contributed by atoms with Crippen LogP contribution in [0.4, 0.5) is 52.0 Å². The van der Waals surface area contributed by atoms with Crippen molar-refractivity contribution in [1.82, 2.24) is 117 Å². The van der Waals surface area contributed by atoms with Crippen LogP contribution in [0.15, 0.2) is 220 Å². The molecule has 0 bridgehead atoms. The number of benzene rings is 6. The lowest BCUT2D eigenvalue weighted by Crippen LogP contribution is -2.08. The zero-order chi connectivity index (χ0) is 81.7. The summed E-state index contributed by atoms with van der Waals surface area (Å²) >= 11 is 17.7. The fourth-order valence-corrected chi connectivity index (χ4v) is 12.5. The summed E-state index contributed by atoms with van der Waals surface area (Å²) in [7, 11) is 4.04. The Labute approximate surface area is 689 Å². The minimum Gasteiger partial charge on any atom is -0.378 e. The number of nitrogens with zero attached hydrogens (tertiary/aromatic N) is 25. The highest BCUT2D eigenvalue weighted by atomic mass is 35.5. The standard InChI is InChI=1S/C15H17N5.2C14H14ClN5.C14H16N6.C13H12ClN5.C13H13N5/c1-11-3-5-13(6-4-11)7-8-16-14-15-19-18-12(2)20(15)10-9-17-14;1-10-18-19-14-13(17-8-9-20(10)14)16-7-6-11-2-4-12(15)5-3-11;1-10-18-19-14-13(17-7-8-20(10)14)16-6-5-11-3-2-4-12(15)9-11;1-10-17-18-14-13(15-8-9-20(10)14)16-11-4-6-12(7-5-11)19(2)3;1-9-17-18-13-12(15-6-7-19(9)13)16-8-10-2-4-11(14)5-3-10;1-9-4-3-5-11(8-9)15-12-13-17-16-10(2)18(13)7-6-14-12/h3-6,9-10H,7-8H2,1-2H3,(H,16,17);2-5,8-9H,6-7H2,1H3,(H,16,17);2-4,7-9H,5-6H2,1H3,(H,16,17);4-9H,1-3H3,(H,15,16);2-7H,8H2,1H3,(H,15,16);3-8H,1-2H3,(H,14,15). The Morgan fingerprint density at radius 3 is 1.00 bits per heavy atom. The molecule has 0 fully saturated rings. The molecule has 12 aromatic heterocycles. The molecule has 18 rings (SSSR count). The van der Waals surface area contributed by atoms with Crippen LogP contribution in [0.3, 0.4) is 0 Å². The molecule has 6 N–H and O–H groups in total. The summed E-state index contributed by atoms with van der Waals surface area (Å²) in [4.78, 5) is 27.9. The number of nitrogens with one attached hydrogen (secondary N) is 6. The molecule has 0 amide bonds. The molecule has 0 saturated carbocycles. The lowest BCUT2D eigenvalue weighted by molar-refractivity contribution is 0.987. The first kappa shape index (κ1) is 81.1. The molecule has 18 aromatic rings. The number of aryl methyl sites for hydroxylation is 8. The molecule has 0 radical (unpaired) electrons. The molecule has 6 aromatic carbocycles. The van der Waals surface area contributed by atoms with Crippen LogP contribution in [0.1, 0.15) is 68.3 Å². The van der Waals surface area contributed by atoms with E-state index < -0.39 is 0 Å². The van der Waals surface area contributed by atoms with E-state index in [-0.39, 0.29) is 0 Å². The summed E-state index contributed by atoms with van der Waals surface area (Å²) in [6.45, 7) is 18.7. The van der Waals surface area contributed by atoms with E-state index in [1.54, 1.807) is 37.2 Å². The van der Waals surface area contributed by atoms with Crippen molar-refractivity contribution in [3.05, 3.63) is 303 Å². The SMILES string of the molecule is Cc1ccc(CCNc2nccn3c(C)nnc23)cc1.Cc1cccc(Nc2nccn3c(C)nnc23)c1.Cc1nnc2c(NCCc3ccc(Cl)cc3)nccn12.Cc1nnc2c(NCCc3cccc(Cl)c3)nccn12.Cc1nnc2c(NCc3ccc(Cl)cc3)nccn12.Cc1nnc2c(Nc3ccc(N(C)C)cc3)nccn12. The summed E-state index contributed by atoms with van der Waals surface area (Å²) < 4.78 is 11.5. The maximum absolute atomic E-state index is 5.97. The molecule has 0 spiro atoms.